The van der Waals surface area contributed by atoms with Crippen LogP contribution in [0.5, 0.6) is 11.5 Å². The molecule has 0 unspecified atom stereocenters. The molecule has 0 aromatic heterocycles. The number of halogens is 1. The van der Waals surface area contributed by atoms with Crippen molar-refractivity contribution < 1.29 is 9.47 Å². The van der Waals surface area contributed by atoms with Crippen molar-refractivity contribution in [1.29, 1.82) is 0 Å². The maximum atomic E-state index is 6.21. The van der Waals surface area contributed by atoms with Gasteiger partial charge in [0, 0.05) is 18.2 Å². The lowest BCUT2D eigenvalue weighted by atomic mass is 10.2. The third-order valence-electron chi connectivity index (χ3n) is 2.37. The van der Waals surface area contributed by atoms with Crippen LogP contribution in [0.1, 0.15) is 26.3 Å². The summed E-state index contributed by atoms with van der Waals surface area (Å²) in [7, 11) is 0. The first kappa shape index (κ1) is 17.5. The van der Waals surface area contributed by atoms with E-state index in [1.807, 2.05) is 20.8 Å². The minimum Gasteiger partial charge on any atom is -0.490 e. The third kappa shape index (κ3) is 5.77. The van der Waals surface area contributed by atoms with E-state index in [1.165, 1.54) is 0 Å². The van der Waals surface area contributed by atoms with Gasteiger partial charge in [0.25, 0.3) is 0 Å². The van der Waals surface area contributed by atoms with Gasteiger partial charge >= 0.3 is 0 Å². The summed E-state index contributed by atoms with van der Waals surface area (Å²) in [5, 5.41) is 7.96. The Balaban J connectivity index is 2.89. The number of hydrazone groups is 1. The largest absolute Gasteiger partial charge is 0.490 e. The average Bonchev–Trinajstić information content (AvgIpc) is 2.44. The molecule has 0 aliphatic rings. The van der Waals surface area contributed by atoms with Crippen LogP contribution in [0, 0.1) is 0 Å². The maximum Gasteiger partial charge on any atom is 0.186 e. The van der Waals surface area contributed by atoms with Crippen molar-refractivity contribution in [2.75, 3.05) is 19.8 Å². The van der Waals surface area contributed by atoms with Crippen LogP contribution in [-0.2, 0) is 0 Å². The molecule has 1 aromatic rings. The normalized spacial score (nSPS) is 10.5. The lowest BCUT2D eigenvalue weighted by Gasteiger charge is -2.12. The van der Waals surface area contributed by atoms with E-state index in [4.69, 9.17) is 33.3 Å². The van der Waals surface area contributed by atoms with Gasteiger partial charge in [-0.05, 0) is 39.1 Å². The minimum absolute atomic E-state index is 0.459. The Morgan fingerprint density at radius 2 is 1.86 bits per heavy atom. The number of rotatable bonds is 7. The molecule has 2 N–H and O–H groups in total. The van der Waals surface area contributed by atoms with Gasteiger partial charge in [-0.1, -0.05) is 11.6 Å². The summed E-state index contributed by atoms with van der Waals surface area (Å²) in [6, 6.07) is 3.51. The fraction of sp³-hybridized carbons (Fsp3) is 0.429. The van der Waals surface area contributed by atoms with E-state index < -0.39 is 0 Å². The van der Waals surface area contributed by atoms with Gasteiger partial charge in [0.2, 0.25) is 0 Å². The van der Waals surface area contributed by atoms with Crippen LogP contribution in [0.25, 0.3) is 0 Å². The first-order valence-electron chi connectivity index (χ1n) is 6.78. The summed E-state index contributed by atoms with van der Waals surface area (Å²) in [6.07, 6.45) is 1.59. The lowest BCUT2D eigenvalue weighted by Crippen LogP contribution is -2.31. The van der Waals surface area contributed by atoms with Gasteiger partial charge in [-0.15, -0.1) is 0 Å². The predicted octanol–water partition coefficient (Wildman–Crippen LogP) is 2.96. The molecule has 5 nitrogen and oxygen atoms in total. The average molecular weight is 330 g/mol. The molecule has 1 aromatic carbocycles. The maximum absolute atomic E-state index is 6.21. The van der Waals surface area contributed by atoms with E-state index in [0.29, 0.717) is 34.8 Å². The molecule has 0 saturated heterocycles. The molecule has 0 atom stereocenters. The van der Waals surface area contributed by atoms with Gasteiger partial charge in [-0.3, -0.25) is 5.43 Å². The van der Waals surface area contributed by atoms with E-state index >= 15 is 0 Å². The van der Waals surface area contributed by atoms with E-state index in [1.54, 1.807) is 18.3 Å². The Morgan fingerprint density at radius 1 is 1.24 bits per heavy atom. The lowest BCUT2D eigenvalue weighted by molar-refractivity contribution is 0.288. The summed E-state index contributed by atoms with van der Waals surface area (Å²) in [5.41, 5.74) is 3.43. The molecule has 21 heavy (non-hydrogen) atoms. The van der Waals surface area contributed by atoms with Crippen molar-refractivity contribution in [2.45, 2.75) is 20.8 Å². The van der Waals surface area contributed by atoms with Crippen molar-refractivity contribution in [1.82, 2.24) is 10.7 Å². The van der Waals surface area contributed by atoms with Gasteiger partial charge < -0.3 is 14.8 Å². The van der Waals surface area contributed by atoms with Crippen molar-refractivity contribution in [3.63, 3.8) is 0 Å². The summed E-state index contributed by atoms with van der Waals surface area (Å²) in [4.78, 5) is 0. The quantitative estimate of drug-likeness (QED) is 0.457. The highest BCUT2D eigenvalue weighted by Gasteiger charge is 2.09. The summed E-state index contributed by atoms with van der Waals surface area (Å²) in [5.74, 6) is 1.26. The van der Waals surface area contributed by atoms with Crippen LogP contribution in [0.2, 0.25) is 5.02 Å². The Kier molecular flexibility index (Phi) is 7.85. The number of nitrogens with one attached hydrogen (secondary N) is 2. The number of hydrogen-bond acceptors (Lipinski definition) is 4. The molecule has 0 spiro atoms. The van der Waals surface area contributed by atoms with E-state index in [0.717, 1.165) is 12.1 Å². The Hall–Kier alpha value is -1.53. The molecule has 0 radical (unpaired) electrons. The summed E-state index contributed by atoms with van der Waals surface area (Å²) in [6.45, 7) is 7.59. The van der Waals surface area contributed by atoms with Crippen LogP contribution in [0.3, 0.4) is 0 Å². The van der Waals surface area contributed by atoms with Crippen molar-refractivity contribution in [3.8, 4) is 11.5 Å². The third-order valence-corrected chi connectivity index (χ3v) is 2.93. The summed E-state index contributed by atoms with van der Waals surface area (Å²) < 4.78 is 11.0. The zero-order valence-corrected chi connectivity index (χ0v) is 14.0. The molecule has 7 heteroatoms. The fourth-order valence-corrected chi connectivity index (χ4v) is 1.95. The Morgan fingerprint density at radius 3 is 2.43 bits per heavy atom. The molecule has 0 heterocycles. The highest BCUT2D eigenvalue weighted by atomic mass is 35.5. The van der Waals surface area contributed by atoms with Crippen molar-refractivity contribution in [3.05, 3.63) is 22.7 Å². The second kappa shape index (κ2) is 9.41. The topological polar surface area (TPSA) is 54.9 Å². The smallest absolute Gasteiger partial charge is 0.186 e. The number of thiocarbonyl (C=S) groups is 1. The minimum atomic E-state index is 0.459. The number of hydrogen-bond donors (Lipinski definition) is 2. The number of ether oxygens (including phenoxy) is 2. The number of benzene rings is 1. The van der Waals surface area contributed by atoms with Crippen molar-refractivity contribution in [2.24, 2.45) is 5.10 Å². The van der Waals surface area contributed by atoms with Crippen LogP contribution >= 0.6 is 23.8 Å². The molecule has 0 saturated carbocycles. The second-order valence-corrected chi connectivity index (χ2v) is 4.73. The van der Waals surface area contributed by atoms with Crippen molar-refractivity contribution >= 4 is 35.1 Å². The van der Waals surface area contributed by atoms with Crippen LogP contribution in [0.4, 0.5) is 0 Å². The molecule has 1 rings (SSSR count). The first-order chi connectivity index (χ1) is 10.1. The molecular weight excluding hydrogens is 310 g/mol. The van der Waals surface area contributed by atoms with Gasteiger partial charge in [-0.2, -0.15) is 5.10 Å². The van der Waals surface area contributed by atoms with Crippen LogP contribution < -0.4 is 20.2 Å². The zero-order chi connectivity index (χ0) is 15.7. The molecule has 116 valence electrons. The molecular formula is C14H20ClN3O2S. The first-order valence-corrected chi connectivity index (χ1v) is 7.56. The van der Waals surface area contributed by atoms with E-state index in [2.05, 4.69) is 15.8 Å². The fourth-order valence-electron chi connectivity index (χ4n) is 1.55. The highest BCUT2D eigenvalue weighted by Crippen LogP contribution is 2.32. The van der Waals surface area contributed by atoms with E-state index in [9.17, 15) is 0 Å². The van der Waals surface area contributed by atoms with Gasteiger partial charge in [-0.25, -0.2) is 0 Å². The summed E-state index contributed by atoms with van der Waals surface area (Å²) >= 11 is 11.2. The van der Waals surface area contributed by atoms with Crippen LogP contribution in [0.15, 0.2) is 17.2 Å². The monoisotopic (exact) mass is 329 g/mol. The molecule has 0 aliphatic carbocycles. The standard InChI is InChI=1S/C14H20ClN3O2S/c1-4-16-14(21)18-17-9-10-7-12(19-5-2)13(20-6-3)8-11(10)15/h7-9H,4-6H2,1-3H3,(H2,16,18,21). The predicted molar refractivity (Wildman–Crippen MR) is 90.8 cm³/mol. The molecule has 0 bridgehead atoms. The van der Waals surface area contributed by atoms with Gasteiger partial charge in [0.05, 0.1) is 24.5 Å². The van der Waals surface area contributed by atoms with Gasteiger partial charge in [0.1, 0.15) is 0 Å². The second-order valence-electron chi connectivity index (χ2n) is 3.92. The SMILES string of the molecule is CCNC(=S)NN=Cc1cc(OCC)c(OCC)cc1Cl. The Labute approximate surface area is 135 Å². The van der Waals surface area contributed by atoms with Gasteiger partial charge in [0.15, 0.2) is 16.6 Å². The zero-order valence-electron chi connectivity index (χ0n) is 12.4. The Bertz CT molecular complexity index is 509. The molecule has 0 fully saturated rings. The van der Waals surface area contributed by atoms with E-state index in [-0.39, 0.29) is 0 Å². The molecule has 0 amide bonds. The highest BCUT2D eigenvalue weighted by molar-refractivity contribution is 7.80. The number of nitrogens with zero attached hydrogens (tertiary/aromatic N) is 1. The van der Waals surface area contributed by atoms with Crippen LogP contribution in [-0.4, -0.2) is 31.1 Å². The molecule has 0 aliphatic heterocycles.